The molecule has 0 radical (unpaired) electrons. The molecule has 1 aromatic carbocycles. The predicted octanol–water partition coefficient (Wildman–Crippen LogP) is 6.10. The van der Waals surface area contributed by atoms with Crippen molar-refractivity contribution in [2.24, 2.45) is 0 Å². The number of anilines is 1. The van der Waals surface area contributed by atoms with Crippen LogP contribution in [0.1, 0.15) is 95.7 Å². The van der Waals surface area contributed by atoms with Gasteiger partial charge < -0.3 is 14.8 Å². The van der Waals surface area contributed by atoms with Crippen LogP contribution in [0.5, 0.6) is 0 Å². The van der Waals surface area contributed by atoms with Crippen molar-refractivity contribution < 1.29 is 27.5 Å². The van der Waals surface area contributed by atoms with Crippen LogP contribution >= 0.6 is 11.3 Å². The highest BCUT2D eigenvalue weighted by Crippen LogP contribution is 2.49. The molecule has 0 spiro atoms. The summed E-state index contributed by atoms with van der Waals surface area (Å²) in [4.78, 5) is 30.2. The zero-order valence-electron chi connectivity index (χ0n) is 23.8. The Morgan fingerprint density at radius 2 is 1.60 bits per heavy atom. The summed E-state index contributed by atoms with van der Waals surface area (Å²) in [6.07, 6.45) is 4.00. The number of benzene rings is 1. The van der Waals surface area contributed by atoms with Gasteiger partial charge in [0.25, 0.3) is 0 Å². The number of sulfonamides is 1. The first-order chi connectivity index (χ1) is 19.0. The number of alkyl carbamates (subject to hydrolysis) is 1. The Bertz CT molecular complexity index is 1310. The first-order valence-electron chi connectivity index (χ1n) is 14.1. The third-order valence-electron chi connectivity index (χ3n) is 6.81. The molecule has 0 atom stereocenters. The molecule has 1 aromatic heterocycles. The summed E-state index contributed by atoms with van der Waals surface area (Å²) in [6, 6.07) is 5.01. The normalized spacial score (nSPS) is 19.5. The number of ether oxygens (including phenoxy) is 2. The van der Waals surface area contributed by atoms with E-state index in [1.807, 2.05) is 13.8 Å². The van der Waals surface area contributed by atoms with E-state index in [1.165, 1.54) is 6.07 Å². The van der Waals surface area contributed by atoms with Crippen LogP contribution in [0.3, 0.4) is 0 Å². The van der Waals surface area contributed by atoms with Gasteiger partial charge >= 0.3 is 12.2 Å². The molecule has 12 heteroatoms. The summed E-state index contributed by atoms with van der Waals surface area (Å²) >= 11 is 1.56. The summed E-state index contributed by atoms with van der Waals surface area (Å²) in [5.74, 6) is 0.563. The molecule has 2 aromatic rings. The number of hydrogen-bond donors (Lipinski definition) is 3. The van der Waals surface area contributed by atoms with Gasteiger partial charge in [0.1, 0.15) is 0 Å². The largest absolute Gasteiger partial charge is 0.447 e. The summed E-state index contributed by atoms with van der Waals surface area (Å²) in [7, 11) is -3.85. The Morgan fingerprint density at radius 3 is 2.20 bits per heavy atom. The fourth-order valence-corrected chi connectivity index (χ4v) is 7.59. The lowest BCUT2D eigenvalue weighted by Crippen LogP contribution is -2.38. The zero-order chi connectivity index (χ0) is 29.0. The fourth-order valence-electron chi connectivity index (χ4n) is 4.89. The van der Waals surface area contributed by atoms with Crippen LogP contribution in [0.2, 0.25) is 0 Å². The maximum Gasteiger partial charge on any atom is 0.411 e. The molecular formula is C28H40N4O6S2. The summed E-state index contributed by atoms with van der Waals surface area (Å²) in [5.41, 5.74) is 1.88. The number of amides is 2. The Labute approximate surface area is 240 Å². The van der Waals surface area contributed by atoms with Crippen molar-refractivity contribution >= 4 is 39.2 Å². The minimum Gasteiger partial charge on any atom is -0.447 e. The van der Waals surface area contributed by atoms with Gasteiger partial charge in [0.15, 0.2) is 0 Å². The summed E-state index contributed by atoms with van der Waals surface area (Å²) < 4.78 is 39.6. The van der Waals surface area contributed by atoms with E-state index in [-0.39, 0.29) is 41.7 Å². The number of thiazole rings is 1. The molecule has 2 aliphatic rings. The van der Waals surface area contributed by atoms with Crippen LogP contribution in [0.15, 0.2) is 23.1 Å². The lowest BCUT2D eigenvalue weighted by Gasteiger charge is -2.28. The Hall–Kier alpha value is -2.70. The molecule has 2 aliphatic carbocycles. The standard InChI is InChI=1S/C28H40N4O6S2/c1-6-29-40(35,36)23-15-21(31-28(34)38-17(4)5)13-14-22(23)25-24(18-7-8-18)32-26(39-25)19-9-11-20(12-10-19)30-27(33)37-16(2)3/h13-20,29H,6-12H2,1-5H3,(H,30,33)(H,31,34). The Morgan fingerprint density at radius 1 is 0.975 bits per heavy atom. The molecule has 2 saturated carbocycles. The highest BCUT2D eigenvalue weighted by atomic mass is 32.2. The molecule has 220 valence electrons. The molecule has 0 bridgehead atoms. The quantitative estimate of drug-likeness (QED) is 0.303. The number of aromatic nitrogens is 1. The number of hydrogen-bond acceptors (Lipinski definition) is 8. The van der Waals surface area contributed by atoms with E-state index in [0.717, 1.165) is 54.1 Å². The molecular weight excluding hydrogens is 552 g/mol. The maximum absolute atomic E-state index is 13.3. The van der Waals surface area contributed by atoms with Crippen molar-refractivity contribution in [2.45, 2.75) is 108 Å². The minimum absolute atomic E-state index is 0.0733. The van der Waals surface area contributed by atoms with E-state index < -0.39 is 16.1 Å². The van der Waals surface area contributed by atoms with Crippen LogP contribution in [-0.2, 0) is 19.5 Å². The van der Waals surface area contributed by atoms with Gasteiger partial charge in [-0.15, -0.1) is 11.3 Å². The maximum atomic E-state index is 13.3. The molecule has 2 amide bonds. The average molecular weight is 593 g/mol. The van der Waals surface area contributed by atoms with Crippen LogP contribution in [0, 0.1) is 0 Å². The van der Waals surface area contributed by atoms with Gasteiger partial charge in [-0.2, -0.15) is 0 Å². The van der Waals surface area contributed by atoms with Crippen molar-refractivity contribution in [2.75, 3.05) is 11.9 Å². The highest BCUT2D eigenvalue weighted by molar-refractivity contribution is 7.89. The highest BCUT2D eigenvalue weighted by Gasteiger charge is 2.34. The van der Waals surface area contributed by atoms with Gasteiger partial charge in [-0.1, -0.05) is 13.0 Å². The van der Waals surface area contributed by atoms with Crippen molar-refractivity contribution in [3.05, 3.63) is 28.9 Å². The Balaban J connectivity index is 1.61. The smallest absolute Gasteiger partial charge is 0.411 e. The lowest BCUT2D eigenvalue weighted by molar-refractivity contribution is 0.109. The zero-order valence-corrected chi connectivity index (χ0v) is 25.4. The average Bonchev–Trinajstić information content (AvgIpc) is 3.62. The second-order valence-corrected chi connectivity index (χ2v) is 13.7. The van der Waals surface area contributed by atoms with Crippen LogP contribution in [0.25, 0.3) is 10.4 Å². The first kappa shape index (κ1) is 30.3. The predicted molar refractivity (Wildman–Crippen MR) is 155 cm³/mol. The van der Waals surface area contributed by atoms with Crippen molar-refractivity contribution in [3.8, 4) is 10.4 Å². The summed E-state index contributed by atoms with van der Waals surface area (Å²) in [5, 5.41) is 6.61. The topological polar surface area (TPSA) is 136 Å². The second-order valence-electron chi connectivity index (χ2n) is 11.0. The number of rotatable bonds is 10. The number of carbonyl (C=O) groups excluding carboxylic acids is 2. The van der Waals surface area contributed by atoms with Crippen molar-refractivity contribution in [1.29, 1.82) is 0 Å². The number of nitrogens with one attached hydrogen (secondary N) is 3. The van der Waals surface area contributed by atoms with Gasteiger partial charge in [0.2, 0.25) is 10.0 Å². The van der Waals surface area contributed by atoms with Gasteiger partial charge in [0.05, 0.1) is 32.7 Å². The van der Waals surface area contributed by atoms with E-state index in [1.54, 1.807) is 44.2 Å². The van der Waals surface area contributed by atoms with Crippen molar-refractivity contribution in [1.82, 2.24) is 15.0 Å². The second kappa shape index (κ2) is 12.9. The third-order valence-corrected chi connectivity index (χ3v) is 9.67. The minimum atomic E-state index is -3.85. The van der Waals surface area contributed by atoms with Gasteiger partial charge in [-0.25, -0.2) is 27.7 Å². The Kier molecular flexibility index (Phi) is 9.73. The van der Waals surface area contributed by atoms with E-state index in [4.69, 9.17) is 14.5 Å². The van der Waals surface area contributed by atoms with Crippen LogP contribution in [0.4, 0.5) is 15.3 Å². The molecule has 0 saturated heterocycles. The molecule has 2 fully saturated rings. The monoisotopic (exact) mass is 592 g/mol. The lowest BCUT2D eigenvalue weighted by atomic mass is 9.86. The number of nitrogens with zero attached hydrogens (tertiary/aromatic N) is 1. The molecule has 0 unspecified atom stereocenters. The third kappa shape index (κ3) is 7.73. The van der Waals surface area contributed by atoms with E-state index in [9.17, 15) is 18.0 Å². The number of carbonyl (C=O) groups is 2. The van der Waals surface area contributed by atoms with Crippen molar-refractivity contribution in [3.63, 3.8) is 0 Å². The van der Waals surface area contributed by atoms with Gasteiger partial charge in [-0.3, -0.25) is 5.32 Å². The SMILES string of the molecule is CCNS(=O)(=O)c1cc(NC(=O)OC(C)C)ccc1-c1sc(C2CCC(NC(=O)OC(C)C)CC2)nc1C1CC1. The van der Waals surface area contributed by atoms with Gasteiger partial charge in [0, 0.05) is 35.7 Å². The van der Waals surface area contributed by atoms with Crippen LogP contribution < -0.4 is 15.4 Å². The molecule has 1 heterocycles. The molecule has 10 nitrogen and oxygen atoms in total. The van der Waals surface area contributed by atoms with E-state index in [0.29, 0.717) is 17.2 Å². The molecule has 40 heavy (non-hydrogen) atoms. The van der Waals surface area contributed by atoms with Gasteiger partial charge in [-0.05, 0) is 78.4 Å². The van der Waals surface area contributed by atoms with E-state index >= 15 is 0 Å². The molecule has 3 N–H and O–H groups in total. The van der Waals surface area contributed by atoms with E-state index in [2.05, 4.69) is 15.4 Å². The fraction of sp³-hybridized carbons (Fsp3) is 0.607. The molecule has 4 rings (SSSR count). The van der Waals surface area contributed by atoms with Crippen LogP contribution in [-0.4, -0.2) is 50.4 Å². The summed E-state index contributed by atoms with van der Waals surface area (Å²) in [6.45, 7) is 9.11. The first-order valence-corrected chi connectivity index (χ1v) is 16.4. The molecule has 0 aliphatic heterocycles.